The molecule has 92 heavy (non-hydrogen) atoms. The van der Waals surface area contributed by atoms with Crippen molar-refractivity contribution < 1.29 is 22.0 Å². The summed E-state index contributed by atoms with van der Waals surface area (Å²) in [4.78, 5) is 19.5. The van der Waals surface area contributed by atoms with Crippen LogP contribution in [0.25, 0.3) is 156 Å². The fourth-order valence-electron chi connectivity index (χ4n) is 13.2. The summed E-state index contributed by atoms with van der Waals surface area (Å²) < 4.78 is 85.7. The Kier molecular flexibility index (Phi) is 13.6. The summed E-state index contributed by atoms with van der Waals surface area (Å²) in [6.45, 7) is 0. The van der Waals surface area contributed by atoms with E-state index in [9.17, 15) is 0 Å². The molecule has 6 aromatic heterocycles. The van der Waals surface area contributed by atoms with Crippen LogP contribution in [0, 0.1) is 11.6 Å². The summed E-state index contributed by atoms with van der Waals surface area (Å²) in [7, 11) is 0. The molecule has 0 fully saturated rings. The van der Waals surface area contributed by atoms with Gasteiger partial charge in [-0.05, 0) is 125 Å². The maximum atomic E-state index is 16.5. The Hall–Kier alpha value is -12.0. The van der Waals surface area contributed by atoms with Crippen molar-refractivity contribution in [2.75, 3.05) is 0 Å². The fraction of sp³-hybridized carbons (Fsp3) is 0.0123. The monoisotopic (exact) mass is 1200 g/mol. The average Bonchev–Trinajstić information content (AvgIpc) is 1.54. The highest BCUT2D eigenvalue weighted by Crippen LogP contribution is 2.49. The summed E-state index contributed by atoms with van der Waals surface area (Å²) in [5, 5.41) is 2.82. The van der Waals surface area contributed by atoms with Crippen LogP contribution in [0.4, 0.5) is 22.0 Å². The molecule has 6 heterocycles. The van der Waals surface area contributed by atoms with E-state index < -0.39 is 23.4 Å². The molecule has 0 aliphatic carbocycles. The van der Waals surface area contributed by atoms with Gasteiger partial charge in [0.1, 0.15) is 11.6 Å². The molecular formula is C81H49F5N6. The van der Waals surface area contributed by atoms with Crippen molar-refractivity contribution in [3.63, 3.8) is 0 Å². The Morgan fingerprint density at radius 2 is 0.543 bits per heavy atom. The third kappa shape index (κ3) is 9.75. The lowest BCUT2D eigenvalue weighted by Crippen LogP contribution is -2.11. The molecule has 0 bridgehead atoms. The minimum atomic E-state index is -4.93. The zero-order valence-electron chi connectivity index (χ0n) is 48.9. The number of pyridine rings is 4. The van der Waals surface area contributed by atoms with Crippen LogP contribution < -0.4 is 0 Å². The molecule has 0 aliphatic rings. The van der Waals surface area contributed by atoms with Crippen molar-refractivity contribution in [3.05, 3.63) is 315 Å². The fourth-order valence-corrected chi connectivity index (χ4v) is 13.2. The smallest absolute Gasteiger partial charge is 0.309 e. The van der Waals surface area contributed by atoms with E-state index in [2.05, 4.69) is 24.3 Å². The molecule has 0 spiro atoms. The van der Waals surface area contributed by atoms with Crippen molar-refractivity contribution >= 4 is 43.6 Å². The van der Waals surface area contributed by atoms with E-state index in [1.807, 2.05) is 228 Å². The normalized spacial score (nSPS) is 11.8. The standard InChI is InChI=1S/C81H49F5N6/c82-60-41-58(42-61(83)49-60)76-74(91-70-33-29-54(62-25-13-37-87-77(62)50-17-5-1-6-18-50)43-66(70)67-44-55(30-34-71(67)91)63-26-14-38-88-78(63)51-19-7-2-8-20-51)47-59(81(84,85)86)48-75(76)92-72-35-31-56(64-27-15-39-89-79(64)52-21-9-3-10-22-52)45-68(72)69-46-57(32-36-73(69)92)65-28-16-40-90-80(65)53-23-11-4-12-24-53/h1-49H. The number of alkyl halides is 3. The third-order valence-electron chi connectivity index (χ3n) is 17.3. The van der Waals surface area contributed by atoms with Crippen molar-refractivity contribution in [1.82, 2.24) is 29.1 Å². The van der Waals surface area contributed by atoms with Gasteiger partial charge in [-0.25, -0.2) is 8.78 Å². The first-order valence-corrected chi connectivity index (χ1v) is 30.0. The Bertz CT molecular complexity index is 4920. The quantitative estimate of drug-likeness (QED) is 0.121. The van der Waals surface area contributed by atoms with Crippen LogP contribution in [0.15, 0.2) is 298 Å². The summed E-state index contributed by atoms with van der Waals surface area (Å²) >= 11 is 0. The minimum absolute atomic E-state index is 0.0177. The van der Waals surface area contributed by atoms with Crippen LogP contribution in [0.3, 0.4) is 0 Å². The Morgan fingerprint density at radius 3 is 0.815 bits per heavy atom. The molecule has 0 saturated heterocycles. The molecule has 6 nitrogen and oxygen atoms in total. The predicted molar refractivity (Wildman–Crippen MR) is 360 cm³/mol. The van der Waals surface area contributed by atoms with Crippen LogP contribution in [-0.2, 0) is 6.18 Å². The van der Waals surface area contributed by atoms with Crippen LogP contribution in [0.2, 0.25) is 0 Å². The van der Waals surface area contributed by atoms with E-state index in [1.54, 1.807) is 24.8 Å². The van der Waals surface area contributed by atoms with Gasteiger partial charge in [-0.2, -0.15) is 13.2 Å². The Morgan fingerprint density at radius 1 is 0.261 bits per heavy atom. The van der Waals surface area contributed by atoms with Gasteiger partial charge in [-0.15, -0.1) is 0 Å². The van der Waals surface area contributed by atoms with E-state index in [4.69, 9.17) is 19.9 Å². The first kappa shape index (κ1) is 55.4. The van der Waals surface area contributed by atoms with Crippen molar-refractivity contribution in [2.45, 2.75) is 6.18 Å². The zero-order valence-corrected chi connectivity index (χ0v) is 48.9. The number of hydrogen-bond acceptors (Lipinski definition) is 4. The van der Waals surface area contributed by atoms with Gasteiger partial charge in [0.05, 0.1) is 61.8 Å². The van der Waals surface area contributed by atoms with Gasteiger partial charge < -0.3 is 9.13 Å². The van der Waals surface area contributed by atoms with E-state index >= 15 is 22.0 Å². The number of benzene rings is 10. The van der Waals surface area contributed by atoms with Crippen LogP contribution in [-0.4, -0.2) is 29.1 Å². The molecule has 0 atom stereocenters. The molecule has 16 aromatic rings. The second-order valence-electron chi connectivity index (χ2n) is 22.7. The number of rotatable bonds is 11. The largest absolute Gasteiger partial charge is 0.416 e. The number of fused-ring (bicyclic) bond motifs is 6. The lowest BCUT2D eigenvalue weighted by atomic mass is 9.96. The van der Waals surface area contributed by atoms with Gasteiger partial charge in [-0.1, -0.05) is 170 Å². The summed E-state index contributed by atoms with van der Waals surface area (Å²) in [5.41, 5.74) is 14.6. The number of nitrogens with zero attached hydrogens (tertiary/aromatic N) is 6. The minimum Gasteiger partial charge on any atom is -0.309 e. The van der Waals surface area contributed by atoms with Gasteiger partial charge in [0.25, 0.3) is 0 Å². The van der Waals surface area contributed by atoms with Crippen molar-refractivity contribution in [3.8, 4) is 112 Å². The van der Waals surface area contributed by atoms with Gasteiger partial charge in [-0.3, -0.25) is 19.9 Å². The van der Waals surface area contributed by atoms with Gasteiger partial charge in [0.15, 0.2) is 0 Å². The van der Waals surface area contributed by atoms with Gasteiger partial charge >= 0.3 is 6.18 Å². The highest BCUT2D eigenvalue weighted by atomic mass is 19.4. The molecule has 16 rings (SSSR count). The summed E-state index contributed by atoms with van der Waals surface area (Å²) in [6.07, 6.45) is 2.08. The topological polar surface area (TPSA) is 61.4 Å². The highest BCUT2D eigenvalue weighted by Gasteiger charge is 2.35. The molecule has 0 unspecified atom stereocenters. The second-order valence-corrected chi connectivity index (χ2v) is 22.7. The zero-order chi connectivity index (χ0) is 62.0. The molecule has 0 saturated carbocycles. The number of aromatic nitrogens is 6. The maximum absolute atomic E-state index is 16.5. The van der Waals surface area contributed by atoms with Crippen molar-refractivity contribution in [1.29, 1.82) is 0 Å². The van der Waals surface area contributed by atoms with Gasteiger partial charge in [0, 0.05) is 102 Å². The second kappa shape index (κ2) is 22.6. The molecule has 0 amide bonds. The number of halogens is 5. The Labute approximate surface area is 525 Å². The lowest BCUT2D eigenvalue weighted by molar-refractivity contribution is -0.137. The third-order valence-corrected chi connectivity index (χ3v) is 17.3. The Balaban J connectivity index is 1.01. The molecule has 11 heteroatoms. The predicted octanol–water partition coefficient (Wildman–Crippen LogP) is 21.8. The summed E-state index contributed by atoms with van der Waals surface area (Å²) in [6, 6.07) is 84.1. The molecular weight excluding hydrogens is 1150 g/mol. The lowest BCUT2D eigenvalue weighted by Gasteiger charge is -2.23. The maximum Gasteiger partial charge on any atom is 0.416 e. The van der Waals surface area contributed by atoms with E-state index in [0.717, 1.165) is 108 Å². The average molecular weight is 1200 g/mol. The SMILES string of the molecule is Fc1cc(F)cc(-c2c(-n3c4ccc(-c5cccnc5-c5ccccc5)cc4c4cc(-c5cccnc5-c5ccccc5)ccc43)cc(C(F)(F)F)cc2-n2c3ccc(-c4cccnc4-c4ccccc4)cc3c3cc(-c4cccnc4-c4ccccc4)ccc32)c1. The van der Waals surface area contributed by atoms with E-state index in [-0.39, 0.29) is 22.5 Å². The van der Waals surface area contributed by atoms with Gasteiger partial charge in [0.2, 0.25) is 0 Å². The number of hydrogen-bond donors (Lipinski definition) is 0. The molecule has 0 radical (unpaired) electrons. The molecule has 438 valence electrons. The molecule has 0 N–H and O–H groups in total. The van der Waals surface area contributed by atoms with Crippen LogP contribution in [0.1, 0.15) is 5.56 Å². The highest BCUT2D eigenvalue weighted by molar-refractivity contribution is 6.15. The van der Waals surface area contributed by atoms with Crippen LogP contribution in [0.5, 0.6) is 0 Å². The summed E-state index contributed by atoms with van der Waals surface area (Å²) in [5.74, 6) is -1.81. The van der Waals surface area contributed by atoms with Crippen LogP contribution >= 0.6 is 0 Å². The van der Waals surface area contributed by atoms with E-state index in [1.165, 1.54) is 12.1 Å². The van der Waals surface area contributed by atoms with Crippen molar-refractivity contribution in [2.24, 2.45) is 0 Å². The molecule has 10 aromatic carbocycles. The first-order valence-electron chi connectivity index (χ1n) is 30.0. The molecule has 0 aliphatic heterocycles. The first-order chi connectivity index (χ1) is 45.1. The van der Waals surface area contributed by atoms with E-state index in [0.29, 0.717) is 43.6 Å².